The Hall–Kier alpha value is -2.30. The molecule has 5 heteroatoms. The average molecular weight is 341 g/mol. The Morgan fingerprint density at radius 2 is 2.04 bits per heavy atom. The van der Waals surface area contributed by atoms with E-state index in [1.807, 2.05) is 35.8 Å². The van der Waals surface area contributed by atoms with Crippen LogP contribution in [-0.4, -0.2) is 40.1 Å². The number of rotatable bonds is 6. The summed E-state index contributed by atoms with van der Waals surface area (Å²) in [7, 11) is 0. The average Bonchev–Trinajstić information content (AvgIpc) is 3.11. The number of hydrogen-bond acceptors (Lipinski definition) is 3. The van der Waals surface area contributed by atoms with Crippen molar-refractivity contribution in [3.05, 3.63) is 48.0 Å². The van der Waals surface area contributed by atoms with Gasteiger partial charge >= 0.3 is 0 Å². The fraction of sp³-hybridized carbons (Fsp3) is 0.500. The number of aryl methyl sites for hydroxylation is 2. The van der Waals surface area contributed by atoms with E-state index in [9.17, 15) is 4.79 Å². The van der Waals surface area contributed by atoms with Gasteiger partial charge in [-0.25, -0.2) is 4.98 Å². The molecule has 0 spiro atoms. The molecule has 5 nitrogen and oxygen atoms in total. The maximum absolute atomic E-state index is 12.4. The van der Waals surface area contributed by atoms with Gasteiger partial charge in [0, 0.05) is 32.0 Å². The molecular formula is C20H27N3O2. The number of carbonyl (C=O) groups excluding carboxylic acids is 1. The maximum atomic E-state index is 12.4. The largest absolute Gasteiger partial charge is 0.493 e. The van der Waals surface area contributed by atoms with E-state index in [0.717, 1.165) is 38.2 Å². The lowest BCUT2D eigenvalue weighted by Gasteiger charge is -2.32. The Morgan fingerprint density at radius 1 is 1.24 bits per heavy atom. The molecule has 2 aromatic rings. The summed E-state index contributed by atoms with van der Waals surface area (Å²) >= 11 is 0. The Balaban J connectivity index is 1.38. The molecule has 0 unspecified atom stereocenters. The number of hydrogen-bond donors (Lipinski definition) is 0. The summed E-state index contributed by atoms with van der Waals surface area (Å²) in [6.07, 6.45) is 8.24. The zero-order valence-electron chi connectivity index (χ0n) is 15.1. The summed E-state index contributed by atoms with van der Waals surface area (Å²) in [4.78, 5) is 18.4. The third kappa shape index (κ3) is 4.84. The minimum Gasteiger partial charge on any atom is -0.493 e. The minimum atomic E-state index is 0.199. The van der Waals surface area contributed by atoms with E-state index < -0.39 is 0 Å². The summed E-state index contributed by atoms with van der Waals surface area (Å²) in [5, 5.41) is 0. The summed E-state index contributed by atoms with van der Waals surface area (Å²) in [6.45, 7) is 7.29. The third-order valence-corrected chi connectivity index (χ3v) is 5.06. The van der Waals surface area contributed by atoms with Crippen LogP contribution in [0.5, 0.6) is 5.75 Å². The van der Waals surface area contributed by atoms with Gasteiger partial charge in [-0.2, -0.15) is 0 Å². The SMILES string of the molecule is Cc1ccc(OCCC(=O)N2CCC(Cn3ccnc3)CC2)cc1C. The molecule has 1 aliphatic rings. The molecule has 0 saturated carbocycles. The Kier molecular flexibility index (Phi) is 5.74. The molecule has 3 rings (SSSR count). The van der Waals surface area contributed by atoms with Crippen LogP contribution in [-0.2, 0) is 11.3 Å². The lowest BCUT2D eigenvalue weighted by Crippen LogP contribution is -2.39. The van der Waals surface area contributed by atoms with E-state index in [1.165, 1.54) is 11.1 Å². The maximum Gasteiger partial charge on any atom is 0.225 e. The molecule has 1 fully saturated rings. The van der Waals surface area contributed by atoms with Crippen molar-refractivity contribution in [1.82, 2.24) is 14.5 Å². The zero-order chi connectivity index (χ0) is 17.6. The number of ether oxygens (including phenoxy) is 1. The Bertz CT molecular complexity index is 689. The molecule has 134 valence electrons. The van der Waals surface area contributed by atoms with Crippen molar-refractivity contribution in [2.75, 3.05) is 19.7 Å². The molecule has 1 amide bonds. The van der Waals surface area contributed by atoms with Gasteiger partial charge in [-0.05, 0) is 55.9 Å². The van der Waals surface area contributed by atoms with Gasteiger partial charge in [0.2, 0.25) is 5.91 Å². The molecule has 0 atom stereocenters. The van der Waals surface area contributed by atoms with Crippen molar-refractivity contribution >= 4 is 5.91 Å². The van der Waals surface area contributed by atoms with E-state index in [1.54, 1.807) is 0 Å². The minimum absolute atomic E-state index is 0.199. The first-order chi connectivity index (χ1) is 12.1. The second-order valence-corrected chi connectivity index (χ2v) is 6.93. The van der Waals surface area contributed by atoms with Crippen LogP contribution in [0.2, 0.25) is 0 Å². The van der Waals surface area contributed by atoms with E-state index in [-0.39, 0.29) is 5.91 Å². The quantitative estimate of drug-likeness (QED) is 0.810. The van der Waals surface area contributed by atoms with Crippen LogP contribution < -0.4 is 4.74 Å². The highest BCUT2D eigenvalue weighted by atomic mass is 16.5. The van der Waals surface area contributed by atoms with Gasteiger partial charge in [0.1, 0.15) is 5.75 Å². The fourth-order valence-electron chi connectivity index (χ4n) is 3.28. The molecule has 0 radical (unpaired) electrons. The van der Waals surface area contributed by atoms with Gasteiger partial charge < -0.3 is 14.2 Å². The number of piperidine rings is 1. The number of imidazole rings is 1. The molecule has 1 aromatic heterocycles. The van der Waals surface area contributed by atoms with E-state index in [4.69, 9.17) is 4.74 Å². The number of nitrogens with zero attached hydrogens (tertiary/aromatic N) is 3. The van der Waals surface area contributed by atoms with Crippen molar-refractivity contribution in [3.63, 3.8) is 0 Å². The van der Waals surface area contributed by atoms with Crippen LogP contribution in [0.25, 0.3) is 0 Å². The van der Waals surface area contributed by atoms with Gasteiger partial charge in [-0.15, -0.1) is 0 Å². The van der Waals surface area contributed by atoms with Crippen LogP contribution in [0.4, 0.5) is 0 Å². The summed E-state index contributed by atoms with van der Waals surface area (Å²) in [5.41, 5.74) is 2.46. The first-order valence-electron chi connectivity index (χ1n) is 9.05. The van der Waals surface area contributed by atoms with Crippen molar-refractivity contribution in [2.45, 2.75) is 39.7 Å². The van der Waals surface area contributed by atoms with Gasteiger partial charge in [0.25, 0.3) is 0 Å². The van der Waals surface area contributed by atoms with Crippen molar-refractivity contribution in [1.29, 1.82) is 0 Å². The molecule has 0 aliphatic carbocycles. The Labute approximate surface area is 149 Å². The van der Waals surface area contributed by atoms with E-state index in [0.29, 0.717) is 18.9 Å². The second kappa shape index (κ2) is 8.19. The molecular weight excluding hydrogens is 314 g/mol. The van der Waals surface area contributed by atoms with Crippen molar-refractivity contribution < 1.29 is 9.53 Å². The summed E-state index contributed by atoms with van der Waals surface area (Å²) in [5.74, 6) is 1.67. The first-order valence-corrected chi connectivity index (χ1v) is 9.05. The Morgan fingerprint density at radius 3 is 2.72 bits per heavy atom. The molecule has 1 aromatic carbocycles. The highest BCUT2D eigenvalue weighted by molar-refractivity contribution is 5.76. The van der Waals surface area contributed by atoms with Crippen LogP contribution in [0.3, 0.4) is 0 Å². The number of carbonyl (C=O) groups is 1. The summed E-state index contributed by atoms with van der Waals surface area (Å²) < 4.78 is 7.86. The molecule has 2 heterocycles. The lowest BCUT2D eigenvalue weighted by atomic mass is 9.96. The van der Waals surface area contributed by atoms with Crippen molar-refractivity contribution in [2.24, 2.45) is 5.92 Å². The van der Waals surface area contributed by atoms with E-state index >= 15 is 0 Å². The van der Waals surface area contributed by atoms with E-state index in [2.05, 4.69) is 29.5 Å². The molecule has 25 heavy (non-hydrogen) atoms. The monoisotopic (exact) mass is 341 g/mol. The smallest absolute Gasteiger partial charge is 0.225 e. The van der Waals surface area contributed by atoms with Gasteiger partial charge in [0.15, 0.2) is 0 Å². The van der Waals surface area contributed by atoms with Crippen LogP contribution in [0.15, 0.2) is 36.9 Å². The van der Waals surface area contributed by atoms with Crippen LogP contribution in [0.1, 0.15) is 30.4 Å². The highest BCUT2D eigenvalue weighted by Crippen LogP contribution is 2.20. The standard InChI is InChI=1S/C20H27N3O2/c1-16-3-4-19(13-17(16)2)25-12-7-20(24)23-9-5-18(6-10-23)14-22-11-8-21-15-22/h3-4,8,11,13,15,18H,5-7,9-10,12,14H2,1-2H3. The number of likely N-dealkylation sites (tertiary alicyclic amines) is 1. The topological polar surface area (TPSA) is 47.4 Å². The summed E-state index contributed by atoms with van der Waals surface area (Å²) in [6, 6.07) is 6.05. The third-order valence-electron chi connectivity index (χ3n) is 5.06. The fourth-order valence-corrected chi connectivity index (χ4v) is 3.28. The van der Waals surface area contributed by atoms with Crippen molar-refractivity contribution in [3.8, 4) is 5.75 Å². The predicted octanol–water partition coefficient (Wildman–Crippen LogP) is 3.21. The van der Waals surface area contributed by atoms with Crippen LogP contribution >= 0.6 is 0 Å². The van der Waals surface area contributed by atoms with Gasteiger partial charge in [-0.1, -0.05) is 6.07 Å². The number of aromatic nitrogens is 2. The molecule has 1 aliphatic heterocycles. The normalized spacial score (nSPS) is 15.4. The zero-order valence-corrected chi connectivity index (χ0v) is 15.1. The predicted molar refractivity (Wildman–Crippen MR) is 97.6 cm³/mol. The lowest BCUT2D eigenvalue weighted by molar-refractivity contribution is -0.133. The molecule has 1 saturated heterocycles. The second-order valence-electron chi connectivity index (χ2n) is 6.93. The number of benzene rings is 1. The number of amides is 1. The van der Waals surface area contributed by atoms with Crippen LogP contribution in [0, 0.1) is 19.8 Å². The highest BCUT2D eigenvalue weighted by Gasteiger charge is 2.22. The molecule has 0 bridgehead atoms. The first kappa shape index (κ1) is 17.5. The van der Waals surface area contributed by atoms with Gasteiger partial charge in [-0.3, -0.25) is 4.79 Å². The molecule has 0 N–H and O–H groups in total. The van der Waals surface area contributed by atoms with Gasteiger partial charge in [0.05, 0.1) is 19.4 Å².